The van der Waals surface area contributed by atoms with Crippen molar-refractivity contribution in [2.24, 2.45) is 0 Å². The van der Waals surface area contributed by atoms with Crippen molar-refractivity contribution in [1.82, 2.24) is 14.6 Å². The van der Waals surface area contributed by atoms with E-state index in [1.54, 1.807) is 4.52 Å². The van der Waals surface area contributed by atoms with Gasteiger partial charge in [0.15, 0.2) is 5.65 Å². The summed E-state index contributed by atoms with van der Waals surface area (Å²) in [6, 6.07) is 3.97. The Balaban J connectivity index is 2.31. The van der Waals surface area contributed by atoms with Gasteiger partial charge in [-0.1, -0.05) is 13.8 Å². The monoisotopic (exact) mass is 248 g/mol. The number of rotatable bonds is 5. The lowest BCUT2D eigenvalue weighted by atomic mass is 9.94. The van der Waals surface area contributed by atoms with Crippen molar-refractivity contribution in [3.05, 3.63) is 23.9 Å². The van der Waals surface area contributed by atoms with Gasteiger partial charge in [0.1, 0.15) is 0 Å². The van der Waals surface area contributed by atoms with Gasteiger partial charge in [0.05, 0.1) is 12.1 Å². The lowest BCUT2D eigenvalue weighted by Gasteiger charge is -2.29. The first-order valence-electron chi connectivity index (χ1n) is 6.34. The van der Waals surface area contributed by atoms with Crippen LogP contribution in [0, 0.1) is 6.92 Å². The molecule has 0 aliphatic heterocycles. The van der Waals surface area contributed by atoms with Gasteiger partial charge in [-0.05, 0) is 37.5 Å². The Morgan fingerprint density at radius 1 is 1.39 bits per heavy atom. The number of aliphatic hydroxyl groups is 1. The standard InChI is InChI=1S/C13H20N4O/c1-4-13(5-2,9-18)15-12-14-11-8-10(3)6-7-17(11)16-12/h6-8,18H,4-5,9H2,1-3H3,(H,15,16). The molecule has 0 bridgehead atoms. The Kier molecular flexibility index (Phi) is 3.52. The topological polar surface area (TPSA) is 62.5 Å². The molecule has 2 aromatic heterocycles. The molecule has 18 heavy (non-hydrogen) atoms. The molecule has 0 amide bonds. The summed E-state index contributed by atoms with van der Waals surface area (Å²) >= 11 is 0. The summed E-state index contributed by atoms with van der Waals surface area (Å²) in [6.07, 6.45) is 3.55. The van der Waals surface area contributed by atoms with Crippen LogP contribution in [0.5, 0.6) is 0 Å². The van der Waals surface area contributed by atoms with E-state index in [0.717, 1.165) is 24.1 Å². The van der Waals surface area contributed by atoms with E-state index in [1.807, 2.05) is 39.1 Å². The van der Waals surface area contributed by atoms with E-state index in [-0.39, 0.29) is 12.1 Å². The fourth-order valence-corrected chi connectivity index (χ4v) is 1.96. The van der Waals surface area contributed by atoms with Gasteiger partial charge in [0.2, 0.25) is 5.95 Å². The third-order valence-electron chi connectivity index (χ3n) is 3.53. The Bertz CT molecular complexity index is 523. The van der Waals surface area contributed by atoms with Crippen LogP contribution in [0.4, 0.5) is 5.95 Å². The van der Waals surface area contributed by atoms with Crippen LogP contribution in [0.15, 0.2) is 18.3 Å². The minimum Gasteiger partial charge on any atom is -0.394 e. The fourth-order valence-electron chi connectivity index (χ4n) is 1.96. The molecule has 2 aromatic rings. The number of nitrogens with one attached hydrogen (secondary N) is 1. The first kappa shape index (κ1) is 12.8. The molecule has 98 valence electrons. The number of aryl methyl sites for hydroxylation is 1. The molecule has 0 atom stereocenters. The van der Waals surface area contributed by atoms with Gasteiger partial charge >= 0.3 is 0 Å². The molecule has 2 N–H and O–H groups in total. The molecule has 0 saturated heterocycles. The Morgan fingerprint density at radius 3 is 2.72 bits per heavy atom. The zero-order valence-electron chi connectivity index (χ0n) is 11.1. The van der Waals surface area contributed by atoms with Crippen LogP contribution in [0.3, 0.4) is 0 Å². The van der Waals surface area contributed by atoms with E-state index >= 15 is 0 Å². The predicted octanol–water partition coefficient (Wildman–Crippen LogP) is 2.00. The van der Waals surface area contributed by atoms with Gasteiger partial charge in [0.25, 0.3) is 0 Å². The van der Waals surface area contributed by atoms with Crippen molar-refractivity contribution < 1.29 is 5.11 Å². The predicted molar refractivity (Wildman–Crippen MR) is 71.7 cm³/mol. The molecule has 0 aromatic carbocycles. The van der Waals surface area contributed by atoms with Crippen molar-refractivity contribution in [2.75, 3.05) is 11.9 Å². The molecule has 2 heterocycles. The third kappa shape index (κ3) is 2.31. The number of pyridine rings is 1. The molecule has 0 radical (unpaired) electrons. The van der Waals surface area contributed by atoms with Gasteiger partial charge in [-0.15, -0.1) is 5.10 Å². The molecular weight excluding hydrogens is 228 g/mol. The van der Waals surface area contributed by atoms with E-state index in [9.17, 15) is 5.11 Å². The average molecular weight is 248 g/mol. The zero-order valence-corrected chi connectivity index (χ0v) is 11.1. The molecule has 0 aliphatic carbocycles. The van der Waals surface area contributed by atoms with Gasteiger partial charge in [-0.3, -0.25) is 0 Å². The van der Waals surface area contributed by atoms with E-state index in [4.69, 9.17) is 0 Å². The van der Waals surface area contributed by atoms with Crippen LogP contribution < -0.4 is 5.32 Å². The minimum atomic E-state index is -0.333. The summed E-state index contributed by atoms with van der Waals surface area (Å²) in [5.41, 5.74) is 1.64. The molecule has 0 saturated carbocycles. The van der Waals surface area contributed by atoms with E-state index in [2.05, 4.69) is 15.4 Å². The Morgan fingerprint density at radius 2 is 2.11 bits per heavy atom. The maximum atomic E-state index is 9.53. The lowest BCUT2D eigenvalue weighted by molar-refractivity contribution is 0.201. The van der Waals surface area contributed by atoms with Crippen molar-refractivity contribution in [2.45, 2.75) is 39.2 Å². The maximum Gasteiger partial charge on any atom is 0.243 e. The summed E-state index contributed by atoms with van der Waals surface area (Å²) in [7, 11) is 0. The summed E-state index contributed by atoms with van der Waals surface area (Å²) < 4.78 is 1.74. The first-order chi connectivity index (χ1) is 8.62. The van der Waals surface area contributed by atoms with Gasteiger partial charge in [-0.25, -0.2) is 4.52 Å². The largest absolute Gasteiger partial charge is 0.394 e. The highest BCUT2D eigenvalue weighted by Crippen LogP contribution is 2.20. The number of hydrogen-bond donors (Lipinski definition) is 2. The van der Waals surface area contributed by atoms with Crippen LogP contribution in [0.1, 0.15) is 32.3 Å². The lowest BCUT2D eigenvalue weighted by Crippen LogP contribution is -2.41. The zero-order chi connectivity index (χ0) is 13.2. The maximum absolute atomic E-state index is 9.53. The van der Waals surface area contributed by atoms with Gasteiger partial charge in [0, 0.05) is 6.20 Å². The van der Waals surface area contributed by atoms with Crippen LogP contribution >= 0.6 is 0 Å². The number of fused-ring (bicyclic) bond motifs is 1. The Hall–Kier alpha value is -1.62. The quantitative estimate of drug-likeness (QED) is 0.849. The first-order valence-corrected chi connectivity index (χ1v) is 6.34. The number of aromatic nitrogens is 3. The van der Waals surface area contributed by atoms with Crippen molar-refractivity contribution >= 4 is 11.6 Å². The summed E-state index contributed by atoms with van der Waals surface area (Å²) in [5.74, 6) is 0.568. The number of nitrogens with zero attached hydrogens (tertiary/aromatic N) is 3. The summed E-state index contributed by atoms with van der Waals surface area (Å²) in [4.78, 5) is 4.43. The number of aliphatic hydroxyl groups excluding tert-OH is 1. The Labute approximate surface area is 107 Å². The molecule has 2 rings (SSSR count). The molecular formula is C13H20N4O. The van der Waals surface area contributed by atoms with Crippen LogP contribution in [0.25, 0.3) is 5.65 Å². The molecule has 0 spiro atoms. The number of hydrogen-bond acceptors (Lipinski definition) is 4. The molecule has 5 heteroatoms. The van der Waals surface area contributed by atoms with E-state index in [0.29, 0.717) is 5.95 Å². The van der Waals surface area contributed by atoms with E-state index in [1.165, 1.54) is 0 Å². The summed E-state index contributed by atoms with van der Waals surface area (Å²) in [5, 5.41) is 17.2. The molecule has 0 fully saturated rings. The molecule has 0 aliphatic rings. The highest BCUT2D eigenvalue weighted by Gasteiger charge is 2.26. The third-order valence-corrected chi connectivity index (χ3v) is 3.53. The van der Waals surface area contributed by atoms with Crippen molar-refractivity contribution in [3.8, 4) is 0 Å². The van der Waals surface area contributed by atoms with Crippen molar-refractivity contribution in [3.63, 3.8) is 0 Å². The highest BCUT2D eigenvalue weighted by atomic mass is 16.3. The van der Waals surface area contributed by atoms with Crippen LogP contribution in [0.2, 0.25) is 0 Å². The minimum absolute atomic E-state index is 0.0780. The SMILES string of the molecule is CCC(CC)(CO)Nc1nc2cc(C)ccn2n1. The molecule has 0 unspecified atom stereocenters. The summed E-state index contributed by atoms with van der Waals surface area (Å²) in [6.45, 7) is 6.20. The second-order valence-corrected chi connectivity index (χ2v) is 4.71. The second kappa shape index (κ2) is 4.94. The van der Waals surface area contributed by atoms with E-state index < -0.39 is 0 Å². The van der Waals surface area contributed by atoms with Gasteiger partial charge < -0.3 is 10.4 Å². The van der Waals surface area contributed by atoms with Crippen molar-refractivity contribution in [1.29, 1.82) is 0 Å². The average Bonchev–Trinajstić information content (AvgIpc) is 2.77. The second-order valence-electron chi connectivity index (χ2n) is 4.71. The fraction of sp³-hybridized carbons (Fsp3) is 0.538. The van der Waals surface area contributed by atoms with Gasteiger partial charge in [-0.2, -0.15) is 4.98 Å². The number of anilines is 1. The van der Waals surface area contributed by atoms with Crippen LogP contribution in [-0.2, 0) is 0 Å². The van der Waals surface area contributed by atoms with Crippen LogP contribution in [-0.4, -0.2) is 31.9 Å². The normalized spacial score (nSPS) is 12.0. The highest BCUT2D eigenvalue weighted by molar-refractivity contribution is 5.46. The molecule has 5 nitrogen and oxygen atoms in total. The smallest absolute Gasteiger partial charge is 0.243 e.